The van der Waals surface area contributed by atoms with Gasteiger partial charge in [0, 0.05) is 5.56 Å². The van der Waals surface area contributed by atoms with Crippen molar-refractivity contribution in [2.45, 2.75) is 6.42 Å². The van der Waals surface area contributed by atoms with Gasteiger partial charge in [-0.1, -0.05) is 41.9 Å². The molecule has 0 N–H and O–H groups in total. The maximum atomic E-state index is 13.8. The number of benzene rings is 3. The molecule has 0 bridgehead atoms. The van der Waals surface area contributed by atoms with Crippen LogP contribution in [0.3, 0.4) is 0 Å². The molecule has 0 unspecified atom stereocenters. The lowest BCUT2D eigenvalue weighted by Crippen LogP contribution is -2.26. The Morgan fingerprint density at radius 2 is 1.83 bits per heavy atom. The molecule has 0 spiro atoms. The van der Waals surface area contributed by atoms with Gasteiger partial charge in [-0.05, 0) is 36.4 Å². The number of hydrogen-bond donors (Lipinski definition) is 0. The third kappa shape index (κ3) is 3.47. The third-order valence-corrected chi connectivity index (χ3v) is 4.98. The molecule has 1 aromatic heterocycles. The maximum absolute atomic E-state index is 13.8. The van der Waals surface area contributed by atoms with E-state index in [0.29, 0.717) is 5.69 Å². The van der Waals surface area contributed by atoms with Crippen LogP contribution in [0, 0.1) is 17.1 Å². The van der Waals surface area contributed by atoms with E-state index in [1.165, 1.54) is 16.7 Å². The quantitative estimate of drug-likeness (QED) is 0.459. The highest BCUT2D eigenvalue weighted by Crippen LogP contribution is 2.22. The van der Waals surface area contributed by atoms with Gasteiger partial charge in [0.05, 0.1) is 39.7 Å². The molecule has 3 aromatic carbocycles. The second-order valence-electron chi connectivity index (χ2n) is 6.54. The highest BCUT2D eigenvalue weighted by Gasteiger charge is 2.20. The lowest BCUT2D eigenvalue weighted by molar-refractivity contribution is 0.0990. The van der Waals surface area contributed by atoms with Gasteiger partial charge in [0.25, 0.3) is 5.56 Å². The topological polar surface area (TPSA) is 75.8 Å². The molecule has 0 saturated heterocycles. The Balaban J connectivity index is 1.95. The Labute approximate surface area is 175 Å². The Kier molecular flexibility index (Phi) is 5.13. The van der Waals surface area contributed by atoms with Crippen molar-refractivity contribution in [3.8, 4) is 11.8 Å². The molecule has 7 heteroatoms. The second-order valence-corrected chi connectivity index (χ2v) is 6.95. The standard InChI is InChI=1S/C23H13ClFN3O2/c24-18-7-3-4-8-20(18)28-22(12-21(29)16-6-2-1-5-14(16)13-26)27-19-10-9-15(25)11-17(19)23(28)30/h1-11H,12H2. The SMILES string of the molecule is N#Cc1ccccc1C(=O)Cc1nc2ccc(F)cc2c(=O)n1-c1ccccc1Cl. The number of carbonyl (C=O) groups excluding carboxylic acids is 1. The molecule has 4 aromatic rings. The lowest BCUT2D eigenvalue weighted by atomic mass is 10.0. The summed E-state index contributed by atoms with van der Waals surface area (Å²) in [5, 5.41) is 9.64. The van der Waals surface area contributed by atoms with Crippen LogP contribution in [0.1, 0.15) is 21.7 Å². The fourth-order valence-electron chi connectivity index (χ4n) is 3.27. The maximum Gasteiger partial charge on any atom is 0.266 e. The molecule has 0 radical (unpaired) electrons. The summed E-state index contributed by atoms with van der Waals surface area (Å²) >= 11 is 6.30. The summed E-state index contributed by atoms with van der Waals surface area (Å²) in [6.45, 7) is 0. The number of fused-ring (bicyclic) bond motifs is 1. The van der Waals surface area contributed by atoms with E-state index in [1.807, 2.05) is 6.07 Å². The Bertz CT molecular complexity index is 1410. The number of Topliss-reactive ketones (excluding diaryl/α,β-unsaturated/α-hetero) is 1. The first kappa shape index (κ1) is 19.5. The monoisotopic (exact) mass is 417 g/mol. The number of para-hydroxylation sites is 1. The lowest BCUT2D eigenvalue weighted by Gasteiger charge is -2.15. The molecule has 0 aliphatic rings. The van der Waals surface area contributed by atoms with E-state index in [1.54, 1.807) is 48.5 Å². The van der Waals surface area contributed by atoms with Crippen LogP contribution in [0.5, 0.6) is 0 Å². The van der Waals surface area contributed by atoms with Crippen LogP contribution in [0.15, 0.2) is 71.5 Å². The van der Waals surface area contributed by atoms with Crippen LogP contribution in [0.4, 0.5) is 4.39 Å². The van der Waals surface area contributed by atoms with Crippen molar-refractivity contribution in [3.05, 3.63) is 105 Å². The molecule has 0 aliphatic carbocycles. The Morgan fingerprint density at radius 3 is 2.60 bits per heavy atom. The molecule has 1 heterocycles. The van der Waals surface area contributed by atoms with Gasteiger partial charge in [0.2, 0.25) is 0 Å². The molecule has 30 heavy (non-hydrogen) atoms. The highest BCUT2D eigenvalue weighted by atomic mass is 35.5. The minimum atomic E-state index is -0.570. The smallest absolute Gasteiger partial charge is 0.266 e. The van der Waals surface area contributed by atoms with Gasteiger partial charge in [-0.3, -0.25) is 14.2 Å². The highest BCUT2D eigenvalue weighted by molar-refractivity contribution is 6.32. The number of halogens is 2. The first-order valence-electron chi connectivity index (χ1n) is 8.98. The first-order valence-corrected chi connectivity index (χ1v) is 9.36. The molecule has 0 amide bonds. The number of carbonyl (C=O) groups is 1. The van der Waals surface area contributed by atoms with E-state index in [9.17, 15) is 19.2 Å². The van der Waals surface area contributed by atoms with Gasteiger partial charge in [0.1, 0.15) is 11.6 Å². The second kappa shape index (κ2) is 7.90. The van der Waals surface area contributed by atoms with Crippen LogP contribution in [-0.4, -0.2) is 15.3 Å². The fraction of sp³-hybridized carbons (Fsp3) is 0.0435. The van der Waals surface area contributed by atoms with Gasteiger partial charge in [-0.2, -0.15) is 5.26 Å². The summed E-state index contributed by atoms with van der Waals surface area (Å²) < 4.78 is 15.0. The van der Waals surface area contributed by atoms with E-state index in [0.717, 1.165) is 6.07 Å². The van der Waals surface area contributed by atoms with Crippen LogP contribution >= 0.6 is 11.6 Å². The van der Waals surface area contributed by atoms with Gasteiger partial charge in [-0.25, -0.2) is 9.37 Å². The van der Waals surface area contributed by atoms with Crippen molar-refractivity contribution in [1.29, 1.82) is 5.26 Å². The van der Waals surface area contributed by atoms with Gasteiger partial charge in [-0.15, -0.1) is 0 Å². The number of aromatic nitrogens is 2. The van der Waals surface area contributed by atoms with Crippen molar-refractivity contribution in [2.24, 2.45) is 0 Å². The number of ketones is 1. The van der Waals surface area contributed by atoms with Crippen LogP contribution in [0.2, 0.25) is 5.02 Å². The largest absolute Gasteiger partial charge is 0.294 e. The number of nitrogens with zero attached hydrogens (tertiary/aromatic N) is 3. The Hall–Kier alpha value is -3.82. The van der Waals surface area contributed by atoms with Crippen molar-refractivity contribution in [3.63, 3.8) is 0 Å². The molecular formula is C23H13ClFN3O2. The van der Waals surface area contributed by atoms with E-state index < -0.39 is 11.4 Å². The van der Waals surface area contributed by atoms with Crippen molar-refractivity contribution >= 4 is 28.3 Å². The van der Waals surface area contributed by atoms with Gasteiger partial charge < -0.3 is 0 Å². The number of rotatable bonds is 4. The molecular weight excluding hydrogens is 405 g/mol. The first-order chi connectivity index (χ1) is 14.5. The van der Waals surface area contributed by atoms with Crippen LogP contribution < -0.4 is 5.56 Å². The van der Waals surface area contributed by atoms with Crippen molar-refractivity contribution in [2.75, 3.05) is 0 Å². The molecule has 0 saturated carbocycles. The van der Waals surface area contributed by atoms with Gasteiger partial charge in [0.15, 0.2) is 5.78 Å². The van der Waals surface area contributed by atoms with Crippen molar-refractivity contribution in [1.82, 2.24) is 9.55 Å². The van der Waals surface area contributed by atoms with E-state index >= 15 is 0 Å². The minimum absolute atomic E-state index is 0.0727. The zero-order valence-electron chi connectivity index (χ0n) is 15.5. The molecule has 0 atom stereocenters. The van der Waals surface area contributed by atoms with E-state index in [-0.39, 0.29) is 45.1 Å². The van der Waals surface area contributed by atoms with E-state index in [2.05, 4.69) is 4.98 Å². The molecule has 146 valence electrons. The number of nitriles is 1. The summed E-state index contributed by atoms with van der Waals surface area (Å²) in [5.41, 5.74) is 0.528. The minimum Gasteiger partial charge on any atom is -0.294 e. The summed E-state index contributed by atoms with van der Waals surface area (Å²) in [4.78, 5) is 30.6. The third-order valence-electron chi connectivity index (χ3n) is 4.66. The van der Waals surface area contributed by atoms with Crippen LogP contribution in [0.25, 0.3) is 16.6 Å². The molecule has 0 fully saturated rings. The fourth-order valence-corrected chi connectivity index (χ4v) is 3.49. The summed E-state index contributed by atoms with van der Waals surface area (Å²) in [6.07, 6.45) is -0.244. The normalized spacial score (nSPS) is 10.7. The zero-order valence-corrected chi connectivity index (χ0v) is 16.2. The summed E-state index contributed by atoms with van der Waals surface area (Å²) in [6, 6.07) is 18.7. The zero-order chi connectivity index (χ0) is 21.3. The van der Waals surface area contributed by atoms with Crippen LogP contribution in [-0.2, 0) is 6.42 Å². The average Bonchev–Trinajstić information content (AvgIpc) is 2.75. The summed E-state index contributed by atoms with van der Waals surface area (Å²) in [5.74, 6) is -0.801. The molecule has 0 aliphatic heterocycles. The van der Waals surface area contributed by atoms with Crippen molar-refractivity contribution < 1.29 is 9.18 Å². The average molecular weight is 418 g/mol. The number of hydrogen-bond acceptors (Lipinski definition) is 4. The Morgan fingerprint density at radius 1 is 1.10 bits per heavy atom. The molecule has 5 nitrogen and oxygen atoms in total. The predicted molar refractivity (Wildman–Crippen MR) is 111 cm³/mol. The van der Waals surface area contributed by atoms with E-state index in [4.69, 9.17) is 11.6 Å². The molecule has 4 rings (SSSR count). The van der Waals surface area contributed by atoms with Gasteiger partial charge >= 0.3 is 0 Å². The summed E-state index contributed by atoms with van der Waals surface area (Å²) in [7, 11) is 0. The predicted octanol–water partition coefficient (Wildman–Crippen LogP) is 4.48.